The van der Waals surface area contributed by atoms with Crippen LogP contribution in [-0.4, -0.2) is 25.8 Å². The van der Waals surface area contributed by atoms with Gasteiger partial charge in [-0.2, -0.15) is 5.10 Å². The van der Waals surface area contributed by atoms with Crippen LogP contribution >= 0.6 is 0 Å². The Bertz CT molecular complexity index is 470. The quantitative estimate of drug-likeness (QED) is 0.747. The zero-order valence-corrected chi connectivity index (χ0v) is 7.56. The molecular weight excluding hydrogens is 182 g/mol. The van der Waals surface area contributed by atoms with Crippen LogP contribution in [-0.2, 0) is 7.05 Å². The Hall–Kier alpha value is -2.04. The van der Waals surface area contributed by atoms with E-state index in [0.717, 1.165) is 11.3 Å². The van der Waals surface area contributed by atoms with Crippen LogP contribution in [0.1, 0.15) is 10.5 Å². The molecule has 2 heterocycles. The summed E-state index contributed by atoms with van der Waals surface area (Å²) in [5.41, 5.74) is 1.82. The molecule has 0 atom stereocenters. The van der Waals surface area contributed by atoms with Crippen LogP contribution in [0.3, 0.4) is 0 Å². The van der Waals surface area contributed by atoms with Crippen molar-refractivity contribution in [1.29, 1.82) is 0 Å². The fraction of sp³-hybridized carbons (Fsp3) is 0.111. The van der Waals surface area contributed by atoms with Gasteiger partial charge < -0.3 is 10.1 Å². The minimum absolute atomic E-state index is 0.184. The second-order valence-corrected chi connectivity index (χ2v) is 2.99. The summed E-state index contributed by atoms with van der Waals surface area (Å²) in [4.78, 5) is 13.4. The number of carbonyl (C=O) groups is 1. The molecule has 14 heavy (non-hydrogen) atoms. The highest BCUT2D eigenvalue weighted by Gasteiger charge is 2.07. The number of carboxylic acids is 1. The molecule has 0 unspecified atom stereocenters. The number of nitrogens with zero attached hydrogens (tertiary/aromatic N) is 2. The number of rotatable bonds is 2. The van der Waals surface area contributed by atoms with E-state index in [2.05, 4.69) is 10.1 Å². The molecule has 2 N–H and O–H groups in total. The normalized spacial score (nSPS) is 10.4. The average molecular weight is 191 g/mol. The lowest BCUT2D eigenvalue weighted by molar-refractivity contribution is 0.0691. The molecular formula is C9H9N3O2. The maximum absolute atomic E-state index is 10.6. The molecule has 2 rings (SSSR count). The Balaban J connectivity index is 2.38. The van der Waals surface area contributed by atoms with Gasteiger partial charge in [0.15, 0.2) is 0 Å². The number of nitrogens with one attached hydrogen (secondary N) is 1. The van der Waals surface area contributed by atoms with Crippen molar-refractivity contribution in [2.24, 2.45) is 7.05 Å². The van der Waals surface area contributed by atoms with E-state index < -0.39 is 5.97 Å². The third-order valence-electron chi connectivity index (χ3n) is 1.93. The third kappa shape index (κ3) is 1.39. The molecule has 2 aromatic heterocycles. The van der Waals surface area contributed by atoms with Crippen molar-refractivity contribution in [3.63, 3.8) is 0 Å². The molecule has 2 aromatic rings. The number of aryl methyl sites for hydroxylation is 1. The summed E-state index contributed by atoms with van der Waals surface area (Å²) in [5.74, 6) is -0.958. The fourth-order valence-electron chi connectivity index (χ4n) is 1.25. The van der Waals surface area contributed by atoms with E-state index in [4.69, 9.17) is 5.11 Å². The summed E-state index contributed by atoms with van der Waals surface area (Å²) < 4.78 is 1.66. The second-order valence-electron chi connectivity index (χ2n) is 2.99. The van der Waals surface area contributed by atoms with E-state index in [9.17, 15) is 4.79 Å². The molecule has 0 amide bonds. The standard InChI is InChI=1S/C9H9N3O2/c1-12-5-6(4-10-12)7-2-3-8(11-7)9(13)14/h2-5,11H,1H3,(H,13,14). The largest absolute Gasteiger partial charge is 0.477 e. The molecule has 0 saturated heterocycles. The van der Waals surface area contributed by atoms with Gasteiger partial charge in [0.1, 0.15) is 5.69 Å². The molecule has 0 aliphatic carbocycles. The Labute approximate surface area is 80.0 Å². The predicted molar refractivity (Wildman–Crippen MR) is 50.0 cm³/mol. The van der Waals surface area contributed by atoms with Crippen LogP contribution < -0.4 is 0 Å². The SMILES string of the molecule is Cn1cc(-c2ccc(C(=O)O)[nH]2)cn1. The number of H-pyrrole nitrogens is 1. The highest BCUT2D eigenvalue weighted by molar-refractivity contribution is 5.86. The molecule has 0 aliphatic rings. The van der Waals surface area contributed by atoms with Gasteiger partial charge in [-0.15, -0.1) is 0 Å². The molecule has 72 valence electrons. The van der Waals surface area contributed by atoms with Crippen LogP contribution in [0, 0.1) is 0 Å². The molecule has 0 fully saturated rings. The highest BCUT2D eigenvalue weighted by atomic mass is 16.4. The lowest BCUT2D eigenvalue weighted by Gasteiger charge is -1.90. The molecule has 0 saturated carbocycles. The first-order valence-electron chi connectivity index (χ1n) is 4.08. The first-order valence-corrected chi connectivity index (χ1v) is 4.08. The number of hydrogen-bond donors (Lipinski definition) is 2. The second kappa shape index (κ2) is 3.02. The van der Waals surface area contributed by atoms with Gasteiger partial charge in [-0.05, 0) is 12.1 Å². The van der Waals surface area contributed by atoms with Crippen molar-refractivity contribution in [3.8, 4) is 11.3 Å². The summed E-state index contributed by atoms with van der Waals surface area (Å²) in [6, 6.07) is 3.26. The van der Waals surface area contributed by atoms with Crippen LogP contribution in [0.5, 0.6) is 0 Å². The van der Waals surface area contributed by atoms with Gasteiger partial charge in [0.05, 0.1) is 6.20 Å². The van der Waals surface area contributed by atoms with Gasteiger partial charge in [-0.1, -0.05) is 0 Å². The number of aromatic nitrogens is 3. The Kier molecular flexibility index (Phi) is 1.85. The first kappa shape index (κ1) is 8.55. The lowest BCUT2D eigenvalue weighted by Crippen LogP contribution is -1.95. The molecule has 0 radical (unpaired) electrons. The van der Waals surface area contributed by atoms with Gasteiger partial charge in [0.2, 0.25) is 0 Å². The summed E-state index contributed by atoms with van der Waals surface area (Å²) in [5, 5.41) is 12.7. The van der Waals surface area contributed by atoms with Crippen LogP contribution in [0.2, 0.25) is 0 Å². The molecule has 5 heteroatoms. The van der Waals surface area contributed by atoms with E-state index >= 15 is 0 Å². The van der Waals surface area contributed by atoms with Gasteiger partial charge >= 0.3 is 5.97 Å². The van der Waals surface area contributed by atoms with Crippen LogP contribution in [0.4, 0.5) is 0 Å². The zero-order chi connectivity index (χ0) is 10.1. The Morgan fingerprint density at radius 2 is 2.36 bits per heavy atom. The fourth-order valence-corrected chi connectivity index (χ4v) is 1.25. The van der Waals surface area contributed by atoms with Crippen molar-refractivity contribution >= 4 is 5.97 Å². The monoisotopic (exact) mass is 191 g/mol. The van der Waals surface area contributed by atoms with Gasteiger partial charge in [-0.25, -0.2) is 4.79 Å². The number of aromatic amines is 1. The zero-order valence-electron chi connectivity index (χ0n) is 7.56. The number of carboxylic acid groups (broad SMARTS) is 1. The van der Waals surface area contributed by atoms with Crippen molar-refractivity contribution in [3.05, 3.63) is 30.2 Å². The van der Waals surface area contributed by atoms with Crippen LogP contribution in [0.15, 0.2) is 24.5 Å². The molecule has 0 aliphatic heterocycles. The third-order valence-corrected chi connectivity index (χ3v) is 1.93. The average Bonchev–Trinajstić information content (AvgIpc) is 2.70. The van der Waals surface area contributed by atoms with Crippen molar-refractivity contribution in [2.75, 3.05) is 0 Å². The smallest absolute Gasteiger partial charge is 0.352 e. The predicted octanol–water partition coefficient (Wildman–Crippen LogP) is 1.11. The molecule has 5 nitrogen and oxygen atoms in total. The van der Waals surface area contributed by atoms with E-state index in [0.29, 0.717) is 0 Å². The summed E-state index contributed by atoms with van der Waals surface area (Å²) in [6.07, 6.45) is 3.49. The van der Waals surface area contributed by atoms with E-state index in [1.54, 1.807) is 16.9 Å². The number of hydrogen-bond acceptors (Lipinski definition) is 2. The van der Waals surface area contributed by atoms with E-state index in [1.807, 2.05) is 13.2 Å². The molecule has 0 spiro atoms. The Morgan fingerprint density at radius 3 is 2.86 bits per heavy atom. The summed E-state index contributed by atoms with van der Waals surface area (Å²) in [6.45, 7) is 0. The van der Waals surface area contributed by atoms with Gasteiger partial charge in [0, 0.05) is 24.5 Å². The minimum atomic E-state index is -0.958. The van der Waals surface area contributed by atoms with Crippen molar-refractivity contribution in [2.45, 2.75) is 0 Å². The van der Waals surface area contributed by atoms with Crippen LogP contribution in [0.25, 0.3) is 11.3 Å². The maximum Gasteiger partial charge on any atom is 0.352 e. The summed E-state index contributed by atoms with van der Waals surface area (Å²) in [7, 11) is 1.81. The minimum Gasteiger partial charge on any atom is -0.477 e. The van der Waals surface area contributed by atoms with E-state index in [-0.39, 0.29) is 5.69 Å². The van der Waals surface area contributed by atoms with E-state index in [1.165, 1.54) is 6.07 Å². The van der Waals surface area contributed by atoms with Crippen molar-refractivity contribution in [1.82, 2.24) is 14.8 Å². The summed E-state index contributed by atoms with van der Waals surface area (Å²) >= 11 is 0. The van der Waals surface area contributed by atoms with Crippen molar-refractivity contribution < 1.29 is 9.90 Å². The first-order chi connectivity index (χ1) is 6.66. The van der Waals surface area contributed by atoms with Gasteiger partial charge in [-0.3, -0.25) is 4.68 Å². The van der Waals surface area contributed by atoms with Gasteiger partial charge in [0.25, 0.3) is 0 Å². The maximum atomic E-state index is 10.6. The topological polar surface area (TPSA) is 70.9 Å². The Morgan fingerprint density at radius 1 is 1.57 bits per heavy atom. The number of aromatic carboxylic acids is 1. The molecule has 0 bridgehead atoms. The lowest BCUT2D eigenvalue weighted by atomic mass is 10.3. The highest BCUT2D eigenvalue weighted by Crippen LogP contribution is 2.17. The molecule has 0 aromatic carbocycles.